The minimum Gasteiger partial charge on any atom is -0.478 e. The van der Waals surface area contributed by atoms with Gasteiger partial charge in [0.25, 0.3) is 0 Å². The van der Waals surface area contributed by atoms with Crippen LogP contribution in [0.15, 0.2) is 18.3 Å². The maximum absolute atomic E-state index is 10.7. The minimum atomic E-state index is -0.913. The third kappa shape index (κ3) is 3.73. The first-order valence-electron chi connectivity index (χ1n) is 6.05. The van der Waals surface area contributed by atoms with Crippen molar-refractivity contribution in [2.24, 2.45) is 0 Å². The number of carbonyl (C=O) groups is 1. The van der Waals surface area contributed by atoms with Gasteiger partial charge in [0.1, 0.15) is 0 Å². The zero-order chi connectivity index (χ0) is 12.1. The molecule has 0 radical (unpaired) electrons. The summed E-state index contributed by atoms with van der Waals surface area (Å²) in [4.78, 5) is 14.9. The molecule has 0 aliphatic heterocycles. The van der Waals surface area contributed by atoms with Gasteiger partial charge in [-0.3, -0.25) is 4.98 Å². The maximum Gasteiger partial charge on any atom is 0.337 e. The van der Waals surface area contributed by atoms with E-state index in [1.807, 2.05) is 17.8 Å². The lowest BCUT2D eigenvalue weighted by atomic mass is 10.0. The summed E-state index contributed by atoms with van der Waals surface area (Å²) >= 11 is 1.95. The SMILES string of the molecule is O=C(O)c1ccc(CSC2CCCCC2)nc1. The molecule has 1 aliphatic carbocycles. The molecule has 1 fully saturated rings. The number of carboxylic acids is 1. The molecule has 1 saturated carbocycles. The van der Waals surface area contributed by atoms with Gasteiger partial charge in [0, 0.05) is 17.2 Å². The predicted molar refractivity (Wildman–Crippen MR) is 69.4 cm³/mol. The number of hydrogen-bond donors (Lipinski definition) is 1. The first kappa shape index (κ1) is 12.4. The lowest BCUT2D eigenvalue weighted by molar-refractivity contribution is 0.0696. The Morgan fingerprint density at radius 1 is 1.35 bits per heavy atom. The van der Waals surface area contributed by atoms with Crippen LogP contribution in [0.3, 0.4) is 0 Å². The Morgan fingerprint density at radius 2 is 2.12 bits per heavy atom. The molecule has 17 heavy (non-hydrogen) atoms. The van der Waals surface area contributed by atoms with Gasteiger partial charge in [-0.1, -0.05) is 19.3 Å². The van der Waals surface area contributed by atoms with Gasteiger partial charge in [0.2, 0.25) is 0 Å². The van der Waals surface area contributed by atoms with E-state index in [1.54, 1.807) is 6.07 Å². The molecule has 4 heteroatoms. The minimum absolute atomic E-state index is 0.261. The van der Waals surface area contributed by atoms with Crippen molar-refractivity contribution in [3.8, 4) is 0 Å². The molecule has 1 heterocycles. The zero-order valence-corrected chi connectivity index (χ0v) is 10.6. The molecule has 0 atom stereocenters. The van der Waals surface area contributed by atoms with Crippen LogP contribution in [-0.4, -0.2) is 21.3 Å². The van der Waals surface area contributed by atoms with E-state index in [2.05, 4.69) is 4.98 Å². The number of aromatic nitrogens is 1. The number of thioether (sulfide) groups is 1. The van der Waals surface area contributed by atoms with Gasteiger partial charge in [-0.05, 0) is 25.0 Å². The van der Waals surface area contributed by atoms with Crippen LogP contribution >= 0.6 is 11.8 Å². The van der Waals surface area contributed by atoms with E-state index in [9.17, 15) is 4.79 Å². The van der Waals surface area contributed by atoms with Crippen molar-refractivity contribution in [3.05, 3.63) is 29.6 Å². The molecular weight excluding hydrogens is 234 g/mol. The Balaban J connectivity index is 1.84. The molecule has 0 unspecified atom stereocenters. The number of rotatable bonds is 4. The van der Waals surface area contributed by atoms with Gasteiger partial charge in [-0.15, -0.1) is 0 Å². The van der Waals surface area contributed by atoms with E-state index in [0.29, 0.717) is 0 Å². The number of carboxylic acid groups (broad SMARTS) is 1. The van der Waals surface area contributed by atoms with Gasteiger partial charge >= 0.3 is 5.97 Å². The Morgan fingerprint density at radius 3 is 2.71 bits per heavy atom. The number of hydrogen-bond acceptors (Lipinski definition) is 3. The summed E-state index contributed by atoms with van der Waals surface area (Å²) in [7, 11) is 0. The summed E-state index contributed by atoms with van der Waals surface area (Å²) < 4.78 is 0. The lowest BCUT2D eigenvalue weighted by Gasteiger charge is -2.20. The number of aromatic carboxylic acids is 1. The molecule has 0 saturated heterocycles. The average Bonchev–Trinajstić information content (AvgIpc) is 2.38. The molecule has 92 valence electrons. The van der Waals surface area contributed by atoms with Gasteiger partial charge in [0.15, 0.2) is 0 Å². The van der Waals surface area contributed by atoms with Crippen LogP contribution in [0.5, 0.6) is 0 Å². The van der Waals surface area contributed by atoms with Gasteiger partial charge in [0.05, 0.1) is 11.3 Å². The topological polar surface area (TPSA) is 50.2 Å². The molecule has 1 aromatic heterocycles. The molecule has 1 N–H and O–H groups in total. The first-order chi connectivity index (χ1) is 8.25. The highest BCUT2D eigenvalue weighted by molar-refractivity contribution is 7.99. The van der Waals surface area contributed by atoms with E-state index >= 15 is 0 Å². The maximum atomic E-state index is 10.7. The Hall–Kier alpha value is -1.03. The second-order valence-corrected chi connectivity index (χ2v) is 5.70. The van der Waals surface area contributed by atoms with Crippen molar-refractivity contribution in [1.29, 1.82) is 0 Å². The molecule has 0 amide bonds. The van der Waals surface area contributed by atoms with Crippen LogP contribution in [-0.2, 0) is 5.75 Å². The quantitative estimate of drug-likeness (QED) is 0.891. The summed E-state index contributed by atoms with van der Waals surface area (Å²) in [5.41, 5.74) is 1.24. The van der Waals surface area contributed by atoms with Crippen molar-refractivity contribution in [2.45, 2.75) is 43.1 Å². The highest BCUT2D eigenvalue weighted by atomic mass is 32.2. The van der Waals surface area contributed by atoms with E-state index in [4.69, 9.17) is 5.11 Å². The van der Waals surface area contributed by atoms with Crippen molar-refractivity contribution >= 4 is 17.7 Å². The second kappa shape index (κ2) is 6.05. The fourth-order valence-corrected chi connectivity index (χ4v) is 3.32. The summed E-state index contributed by atoms with van der Waals surface area (Å²) in [6.07, 6.45) is 8.16. The summed E-state index contributed by atoms with van der Waals surface area (Å²) in [5.74, 6) is -0.0196. The van der Waals surface area contributed by atoms with Gasteiger partial charge in [-0.25, -0.2) is 4.79 Å². The van der Waals surface area contributed by atoms with Crippen molar-refractivity contribution in [1.82, 2.24) is 4.98 Å². The van der Waals surface area contributed by atoms with Crippen LogP contribution in [0.1, 0.15) is 48.2 Å². The van der Waals surface area contributed by atoms with Crippen LogP contribution < -0.4 is 0 Å². The largest absolute Gasteiger partial charge is 0.478 e. The normalized spacial score (nSPS) is 16.9. The summed E-state index contributed by atoms with van der Waals surface area (Å²) in [6.45, 7) is 0. The summed E-state index contributed by atoms with van der Waals surface area (Å²) in [5, 5.41) is 9.53. The van der Waals surface area contributed by atoms with Crippen LogP contribution in [0, 0.1) is 0 Å². The molecule has 0 aromatic carbocycles. The third-order valence-electron chi connectivity index (χ3n) is 3.09. The fraction of sp³-hybridized carbons (Fsp3) is 0.538. The molecule has 3 nitrogen and oxygen atoms in total. The number of pyridine rings is 1. The highest BCUT2D eigenvalue weighted by Crippen LogP contribution is 2.29. The van der Waals surface area contributed by atoms with Crippen LogP contribution in [0.4, 0.5) is 0 Å². The van der Waals surface area contributed by atoms with Crippen molar-refractivity contribution in [2.75, 3.05) is 0 Å². The first-order valence-corrected chi connectivity index (χ1v) is 7.10. The zero-order valence-electron chi connectivity index (χ0n) is 9.76. The standard InChI is InChI=1S/C13H17NO2S/c15-13(16)10-6-7-11(14-8-10)9-17-12-4-2-1-3-5-12/h6-8,12H,1-5,9H2,(H,15,16). The third-order valence-corrected chi connectivity index (χ3v) is 4.50. The van der Waals surface area contributed by atoms with E-state index in [-0.39, 0.29) is 5.56 Å². The predicted octanol–water partition coefficient (Wildman–Crippen LogP) is 3.35. The van der Waals surface area contributed by atoms with E-state index < -0.39 is 5.97 Å². The second-order valence-electron chi connectivity index (χ2n) is 4.41. The molecule has 1 aliphatic rings. The lowest BCUT2D eigenvalue weighted by Crippen LogP contribution is -2.08. The van der Waals surface area contributed by atoms with Gasteiger partial charge < -0.3 is 5.11 Å². The Kier molecular flexibility index (Phi) is 4.42. The monoisotopic (exact) mass is 251 g/mol. The van der Waals surface area contributed by atoms with E-state index in [0.717, 1.165) is 16.7 Å². The fourth-order valence-electron chi connectivity index (χ4n) is 2.07. The molecular formula is C13H17NO2S. The Bertz CT molecular complexity index is 372. The van der Waals surface area contributed by atoms with E-state index in [1.165, 1.54) is 38.3 Å². The highest BCUT2D eigenvalue weighted by Gasteiger charge is 2.13. The molecule has 2 rings (SSSR count). The molecule has 0 spiro atoms. The van der Waals surface area contributed by atoms with Crippen LogP contribution in [0.2, 0.25) is 0 Å². The molecule has 1 aromatic rings. The Labute approximate surface area is 106 Å². The smallest absolute Gasteiger partial charge is 0.337 e. The summed E-state index contributed by atoms with van der Waals surface area (Å²) in [6, 6.07) is 3.45. The van der Waals surface area contributed by atoms with Gasteiger partial charge in [-0.2, -0.15) is 11.8 Å². The average molecular weight is 251 g/mol. The van der Waals surface area contributed by atoms with Crippen molar-refractivity contribution < 1.29 is 9.90 Å². The van der Waals surface area contributed by atoms with Crippen LogP contribution in [0.25, 0.3) is 0 Å². The van der Waals surface area contributed by atoms with Crippen molar-refractivity contribution in [3.63, 3.8) is 0 Å². The number of nitrogens with zero attached hydrogens (tertiary/aromatic N) is 1. The molecule has 0 bridgehead atoms.